The summed E-state index contributed by atoms with van der Waals surface area (Å²) in [6.07, 6.45) is -10.3. The van der Waals surface area contributed by atoms with Gasteiger partial charge in [-0.05, 0) is 0 Å². The Morgan fingerprint density at radius 1 is 1.13 bits per heavy atom. The van der Waals surface area contributed by atoms with E-state index in [1.54, 1.807) is 0 Å². The van der Waals surface area contributed by atoms with E-state index < -0.39 is 38.4 Å². The molecule has 15 heavy (non-hydrogen) atoms. The summed E-state index contributed by atoms with van der Waals surface area (Å²) in [7, 11) is 0. The maximum Gasteiger partial charge on any atom is 0.415 e. The van der Waals surface area contributed by atoms with Gasteiger partial charge in [0.05, 0.1) is 13.2 Å². The van der Waals surface area contributed by atoms with E-state index in [9.17, 15) is 22.0 Å². The van der Waals surface area contributed by atoms with Crippen LogP contribution in [-0.4, -0.2) is 60.1 Å². The smallest absolute Gasteiger partial charge is 0.395 e. The zero-order valence-electron chi connectivity index (χ0n) is 7.71. The summed E-state index contributed by atoms with van der Waals surface area (Å²) in [5.41, 5.74) is 0. The highest BCUT2D eigenvalue weighted by Gasteiger charge is 2.39. The molecule has 0 saturated carbocycles. The number of halogens is 5. The van der Waals surface area contributed by atoms with Gasteiger partial charge in [0.2, 0.25) is 0 Å². The van der Waals surface area contributed by atoms with Crippen LogP contribution in [0.3, 0.4) is 0 Å². The summed E-state index contributed by atoms with van der Waals surface area (Å²) in [5, 5.41) is 17.0. The SMILES string of the molecule is OCCN(CC(F)F)CC(O)C(F)(F)F. The quantitative estimate of drug-likeness (QED) is 0.660. The van der Waals surface area contributed by atoms with Crippen LogP contribution in [0.25, 0.3) is 0 Å². The maximum absolute atomic E-state index is 11.9. The summed E-state index contributed by atoms with van der Waals surface area (Å²) in [5.74, 6) is 0. The average molecular weight is 237 g/mol. The van der Waals surface area contributed by atoms with Gasteiger partial charge in [-0.25, -0.2) is 8.78 Å². The topological polar surface area (TPSA) is 43.7 Å². The van der Waals surface area contributed by atoms with E-state index in [1.807, 2.05) is 0 Å². The molecule has 3 nitrogen and oxygen atoms in total. The number of rotatable bonds is 6. The second-order valence-electron chi connectivity index (χ2n) is 2.93. The second-order valence-corrected chi connectivity index (χ2v) is 2.93. The first-order valence-corrected chi connectivity index (χ1v) is 4.13. The zero-order valence-corrected chi connectivity index (χ0v) is 7.71. The molecule has 8 heteroatoms. The van der Waals surface area contributed by atoms with Crippen molar-refractivity contribution < 1.29 is 32.2 Å². The molecule has 0 aliphatic heterocycles. The first-order valence-electron chi connectivity index (χ1n) is 4.13. The third-order valence-electron chi connectivity index (χ3n) is 1.62. The van der Waals surface area contributed by atoms with E-state index in [4.69, 9.17) is 10.2 Å². The molecule has 92 valence electrons. The van der Waals surface area contributed by atoms with Crippen molar-refractivity contribution in [2.75, 3.05) is 26.2 Å². The maximum atomic E-state index is 11.9. The van der Waals surface area contributed by atoms with Crippen molar-refractivity contribution in [1.29, 1.82) is 0 Å². The molecule has 1 unspecified atom stereocenters. The van der Waals surface area contributed by atoms with Crippen LogP contribution in [0.5, 0.6) is 0 Å². The largest absolute Gasteiger partial charge is 0.415 e. The first kappa shape index (κ1) is 14.5. The van der Waals surface area contributed by atoms with E-state index in [0.29, 0.717) is 4.90 Å². The Morgan fingerprint density at radius 2 is 1.67 bits per heavy atom. The zero-order chi connectivity index (χ0) is 12.1. The van der Waals surface area contributed by atoms with E-state index in [0.717, 1.165) is 0 Å². The van der Waals surface area contributed by atoms with Crippen LogP contribution in [0, 0.1) is 0 Å². The fourth-order valence-corrected chi connectivity index (χ4v) is 0.942. The molecule has 0 bridgehead atoms. The first-order chi connectivity index (χ1) is 6.77. The average Bonchev–Trinajstić information content (AvgIpc) is 2.01. The third-order valence-corrected chi connectivity index (χ3v) is 1.62. The van der Waals surface area contributed by atoms with Gasteiger partial charge >= 0.3 is 6.18 Å². The summed E-state index contributed by atoms with van der Waals surface area (Å²) >= 11 is 0. The molecule has 0 radical (unpaired) electrons. The second kappa shape index (κ2) is 6.19. The van der Waals surface area contributed by atoms with Crippen molar-refractivity contribution >= 4 is 0 Å². The minimum atomic E-state index is -4.84. The van der Waals surface area contributed by atoms with Gasteiger partial charge in [0.1, 0.15) is 0 Å². The Bertz CT molecular complexity index is 175. The lowest BCUT2D eigenvalue weighted by Crippen LogP contribution is -2.43. The highest BCUT2D eigenvalue weighted by Crippen LogP contribution is 2.20. The highest BCUT2D eigenvalue weighted by atomic mass is 19.4. The van der Waals surface area contributed by atoms with Gasteiger partial charge in [-0.3, -0.25) is 4.90 Å². The van der Waals surface area contributed by atoms with Gasteiger partial charge in [-0.15, -0.1) is 0 Å². The monoisotopic (exact) mass is 237 g/mol. The van der Waals surface area contributed by atoms with Crippen LogP contribution in [-0.2, 0) is 0 Å². The van der Waals surface area contributed by atoms with Gasteiger partial charge in [0.15, 0.2) is 6.10 Å². The molecule has 2 N–H and O–H groups in total. The Kier molecular flexibility index (Phi) is 5.99. The predicted molar refractivity (Wildman–Crippen MR) is 41.6 cm³/mol. The fourth-order valence-electron chi connectivity index (χ4n) is 0.942. The van der Waals surface area contributed by atoms with Gasteiger partial charge in [-0.2, -0.15) is 13.2 Å². The lowest BCUT2D eigenvalue weighted by atomic mass is 10.3. The summed E-state index contributed by atoms with van der Waals surface area (Å²) < 4.78 is 59.3. The summed E-state index contributed by atoms with van der Waals surface area (Å²) in [6, 6.07) is 0. The van der Waals surface area contributed by atoms with E-state index in [2.05, 4.69) is 0 Å². The van der Waals surface area contributed by atoms with Crippen molar-refractivity contribution in [3.05, 3.63) is 0 Å². The van der Waals surface area contributed by atoms with Crippen molar-refractivity contribution in [3.63, 3.8) is 0 Å². The van der Waals surface area contributed by atoms with Crippen LogP contribution >= 0.6 is 0 Å². The number of aliphatic hydroxyl groups excluding tert-OH is 2. The predicted octanol–water partition coefficient (Wildman–Crippen LogP) is 0.469. The molecule has 0 amide bonds. The highest BCUT2D eigenvalue weighted by molar-refractivity contribution is 4.71. The van der Waals surface area contributed by atoms with Crippen molar-refractivity contribution in [2.24, 2.45) is 0 Å². The molecular weight excluding hydrogens is 225 g/mol. The molecule has 0 saturated heterocycles. The molecule has 1 atom stereocenters. The number of hydrogen-bond acceptors (Lipinski definition) is 3. The van der Waals surface area contributed by atoms with Gasteiger partial charge in [0.25, 0.3) is 6.43 Å². The normalized spacial score (nSPS) is 15.0. The van der Waals surface area contributed by atoms with Gasteiger partial charge in [-0.1, -0.05) is 0 Å². The van der Waals surface area contributed by atoms with Crippen molar-refractivity contribution in [1.82, 2.24) is 4.90 Å². The molecule has 0 aliphatic rings. The number of nitrogens with zero attached hydrogens (tertiary/aromatic N) is 1. The fraction of sp³-hybridized carbons (Fsp3) is 1.00. The molecule has 0 aromatic carbocycles. The molecule has 0 heterocycles. The van der Waals surface area contributed by atoms with Crippen LogP contribution in [0.15, 0.2) is 0 Å². The van der Waals surface area contributed by atoms with Crippen molar-refractivity contribution in [2.45, 2.75) is 18.7 Å². The number of alkyl halides is 5. The number of hydrogen-bond donors (Lipinski definition) is 2. The Hall–Kier alpha value is -0.470. The van der Waals surface area contributed by atoms with Crippen LogP contribution in [0.4, 0.5) is 22.0 Å². The molecule has 0 spiro atoms. The number of aliphatic hydroxyl groups is 2. The van der Waals surface area contributed by atoms with Gasteiger partial charge in [0, 0.05) is 13.1 Å². The standard InChI is InChI=1S/C7H12F5NO2/c8-6(9)4-13(1-2-14)3-5(15)7(10,11)12/h5-6,14-15H,1-4H2. The third kappa shape index (κ3) is 6.58. The van der Waals surface area contributed by atoms with Crippen molar-refractivity contribution in [3.8, 4) is 0 Å². The van der Waals surface area contributed by atoms with E-state index in [1.165, 1.54) is 0 Å². The van der Waals surface area contributed by atoms with Crippen LogP contribution in [0.2, 0.25) is 0 Å². The molecule has 0 fully saturated rings. The van der Waals surface area contributed by atoms with Crippen LogP contribution in [0.1, 0.15) is 0 Å². The molecule has 0 aromatic heterocycles. The summed E-state index contributed by atoms with van der Waals surface area (Å²) in [4.78, 5) is 0.656. The van der Waals surface area contributed by atoms with E-state index in [-0.39, 0.29) is 6.54 Å². The Morgan fingerprint density at radius 3 is 2.00 bits per heavy atom. The minimum Gasteiger partial charge on any atom is -0.395 e. The molecule has 0 rings (SSSR count). The minimum absolute atomic E-state index is 0.336. The van der Waals surface area contributed by atoms with Crippen LogP contribution < -0.4 is 0 Å². The lowest BCUT2D eigenvalue weighted by Gasteiger charge is -2.24. The molecular formula is C7H12F5NO2. The summed E-state index contributed by atoms with van der Waals surface area (Å²) in [6.45, 7) is -2.75. The molecule has 0 aromatic rings. The van der Waals surface area contributed by atoms with Gasteiger partial charge < -0.3 is 10.2 Å². The lowest BCUT2D eigenvalue weighted by molar-refractivity contribution is -0.209. The Labute approximate surface area is 83.1 Å². The molecule has 0 aliphatic carbocycles. The van der Waals surface area contributed by atoms with E-state index >= 15 is 0 Å². The Balaban J connectivity index is 4.15.